The van der Waals surface area contributed by atoms with Gasteiger partial charge in [-0.3, -0.25) is 9.59 Å². The Bertz CT molecular complexity index is 882. The van der Waals surface area contributed by atoms with Crippen LogP contribution in [0.15, 0.2) is 42.5 Å². The molecule has 0 fully saturated rings. The molecule has 0 aromatic heterocycles. The molecule has 1 atom stereocenters. The number of carbonyl (C=O) groups excluding carboxylic acids is 2. The Labute approximate surface area is 195 Å². The lowest BCUT2D eigenvalue weighted by atomic mass is 10.00. The third-order valence-corrected chi connectivity index (χ3v) is 5.95. The number of amides is 2. The zero-order valence-corrected chi connectivity index (χ0v) is 20.3. The van der Waals surface area contributed by atoms with E-state index < -0.39 is 6.04 Å². The van der Waals surface area contributed by atoms with Gasteiger partial charge in [0.25, 0.3) is 0 Å². The molecule has 0 bridgehead atoms. The van der Waals surface area contributed by atoms with Gasteiger partial charge in [-0.05, 0) is 54.5 Å². The van der Waals surface area contributed by atoms with Crippen molar-refractivity contribution >= 4 is 35.0 Å². The number of hydrogen-bond donors (Lipinski definition) is 1. The second-order valence-electron chi connectivity index (χ2n) is 7.97. The molecule has 2 aromatic carbocycles. The summed E-state index contributed by atoms with van der Waals surface area (Å²) < 4.78 is 0. The highest BCUT2D eigenvalue weighted by molar-refractivity contribution is 6.35. The lowest BCUT2D eigenvalue weighted by Crippen LogP contribution is -2.49. The summed E-state index contributed by atoms with van der Waals surface area (Å²) in [7, 11) is 0. The number of aryl methyl sites for hydroxylation is 1. The highest BCUT2D eigenvalue weighted by atomic mass is 35.5. The Kier molecular flexibility index (Phi) is 9.86. The minimum Gasteiger partial charge on any atom is -0.355 e. The van der Waals surface area contributed by atoms with Crippen molar-refractivity contribution in [3.8, 4) is 0 Å². The summed E-state index contributed by atoms with van der Waals surface area (Å²) in [5.74, 6) is 0.250. The molecule has 2 amide bonds. The second kappa shape index (κ2) is 12.1. The molecule has 6 heteroatoms. The quantitative estimate of drug-likeness (QED) is 0.470. The summed E-state index contributed by atoms with van der Waals surface area (Å²) >= 11 is 12.4. The van der Waals surface area contributed by atoms with E-state index in [0.717, 1.165) is 11.1 Å². The topological polar surface area (TPSA) is 49.4 Å². The number of rotatable bonds is 10. The van der Waals surface area contributed by atoms with E-state index in [2.05, 4.69) is 43.4 Å². The van der Waals surface area contributed by atoms with Gasteiger partial charge in [-0.1, -0.05) is 74.3 Å². The van der Waals surface area contributed by atoms with Gasteiger partial charge in [0, 0.05) is 29.6 Å². The van der Waals surface area contributed by atoms with Gasteiger partial charge in [0.05, 0.1) is 0 Å². The van der Waals surface area contributed by atoms with Crippen LogP contribution in [-0.4, -0.2) is 29.3 Å². The van der Waals surface area contributed by atoms with E-state index in [4.69, 9.17) is 23.2 Å². The molecule has 1 unspecified atom stereocenters. The van der Waals surface area contributed by atoms with Crippen molar-refractivity contribution < 1.29 is 9.59 Å². The highest BCUT2D eigenvalue weighted by Gasteiger charge is 2.28. The average Bonchev–Trinajstić information content (AvgIpc) is 2.73. The number of likely N-dealkylation sites (N-methyl/N-ethyl adjacent to an activating group) is 1. The highest BCUT2D eigenvalue weighted by Crippen LogP contribution is 2.24. The minimum atomic E-state index is -0.553. The predicted molar refractivity (Wildman–Crippen MR) is 129 cm³/mol. The van der Waals surface area contributed by atoms with E-state index in [9.17, 15) is 9.59 Å². The summed E-state index contributed by atoms with van der Waals surface area (Å²) in [5.41, 5.74) is 3.15. The normalized spacial score (nSPS) is 12.0. The van der Waals surface area contributed by atoms with Crippen molar-refractivity contribution in [1.82, 2.24) is 10.2 Å². The van der Waals surface area contributed by atoms with Gasteiger partial charge in [-0.15, -0.1) is 0 Å². The third kappa shape index (κ3) is 7.26. The fourth-order valence-electron chi connectivity index (χ4n) is 3.51. The number of benzene rings is 2. The van der Waals surface area contributed by atoms with Crippen molar-refractivity contribution in [1.29, 1.82) is 0 Å². The largest absolute Gasteiger partial charge is 0.355 e. The summed E-state index contributed by atoms with van der Waals surface area (Å²) in [6.45, 7) is 8.87. The van der Waals surface area contributed by atoms with E-state index in [0.29, 0.717) is 41.8 Å². The van der Waals surface area contributed by atoms with Crippen LogP contribution in [0.4, 0.5) is 0 Å². The maximum atomic E-state index is 13.3. The van der Waals surface area contributed by atoms with Crippen LogP contribution < -0.4 is 5.32 Å². The molecule has 168 valence electrons. The van der Waals surface area contributed by atoms with Gasteiger partial charge < -0.3 is 10.2 Å². The monoisotopic (exact) mass is 462 g/mol. The minimum absolute atomic E-state index is 0.0722. The van der Waals surface area contributed by atoms with Crippen LogP contribution in [0.25, 0.3) is 0 Å². The number of nitrogens with zero attached hydrogens (tertiary/aromatic N) is 1. The van der Waals surface area contributed by atoms with Crippen molar-refractivity contribution in [2.24, 2.45) is 0 Å². The number of hydrogen-bond acceptors (Lipinski definition) is 2. The first kappa shape index (κ1) is 25.2. The lowest BCUT2D eigenvalue weighted by molar-refractivity contribution is -0.141. The maximum absolute atomic E-state index is 13.3. The standard InChI is InChI=1S/C25H32Cl2N2O2/c1-5-23(25(31)28-6-2)29(16-20-12-13-21(26)15-22(20)27)24(30)14-9-18-7-10-19(11-8-18)17(3)4/h7-8,10-13,15,17,23H,5-6,9,14,16H2,1-4H3,(H,28,31). The van der Waals surface area contributed by atoms with Crippen molar-refractivity contribution in [3.63, 3.8) is 0 Å². The Morgan fingerprint density at radius 3 is 2.26 bits per heavy atom. The van der Waals surface area contributed by atoms with Crippen LogP contribution in [0.5, 0.6) is 0 Å². The molecule has 31 heavy (non-hydrogen) atoms. The van der Waals surface area contributed by atoms with Crippen LogP contribution in [-0.2, 0) is 22.6 Å². The molecule has 1 N–H and O–H groups in total. The fourth-order valence-corrected chi connectivity index (χ4v) is 3.98. The molecule has 0 radical (unpaired) electrons. The van der Waals surface area contributed by atoms with Crippen LogP contribution in [0.2, 0.25) is 10.0 Å². The maximum Gasteiger partial charge on any atom is 0.242 e. The Balaban J connectivity index is 2.20. The van der Waals surface area contributed by atoms with Crippen molar-refractivity contribution in [2.75, 3.05) is 6.54 Å². The van der Waals surface area contributed by atoms with Gasteiger partial charge in [-0.2, -0.15) is 0 Å². The molecular formula is C25H32Cl2N2O2. The first-order valence-corrected chi connectivity index (χ1v) is 11.6. The fraction of sp³-hybridized carbons (Fsp3) is 0.440. The first-order chi connectivity index (χ1) is 14.8. The van der Waals surface area contributed by atoms with Gasteiger partial charge in [-0.25, -0.2) is 0 Å². The molecule has 2 aromatic rings. The average molecular weight is 463 g/mol. The van der Waals surface area contributed by atoms with E-state index in [1.807, 2.05) is 13.8 Å². The molecule has 0 saturated heterocycles. The zero-order chi connectivity index (χ0) is 23.0. The van der Waals surface area contributed by atoms with E-state index in [-0.39, 0.29) is 18.4 Å². The molecule has 0 heterocycles. The van der Waals surface area contributed by atoms with Gasteiger partial charge >= 0.3 is 0 Å². The summed E-state index contributed by atoms with van der Waals surface area (Å²) in [5, 5.41) is 3.87. The Morgan fingerprint density at radius 2 is 1.71 bits per heavy atom. The molecule has 0 aliphatic carbocycles. The Morgan fingerprint density at radius 1 is 1.03 bits per heavy atom. The van der Waals surface area contributed by atoms with Gasteiger partial charge in [0.15, 0.2) is 0 Å². The van der Waals surface area contributed by atoms with Crippen LogP contribution >= 0.6 is 23.2 Å². The van der Waals surface area contributed by atoms with Crippen LogP contribution in [0, 0.1) is 0 Å². The zero-order valence-electron chi connectivity index (χ0n) is 18.8. The van der Waals surface area contributed by atoms with Gasteiger partial charge in [0.2, 0.25) is 11.8 Å². The molecular weight excluding hydrogens is 431 g/mol. The SMILES string of the molecule is CCNC(=O)C(CC)N(Cc1ccc(Cl)cc1Cl)C(=O)CCc1ccc(C(C)C)cc1. The van der Waals surface area contributed by atoms with E-state index in [1.165, 1.54) is 5.56 Å². The molecule has 0 aliphatic rings. The molecule has 2 rings (SSSR count). The second-order valence-corrected chi connectivity index (χ2v) is 8.82. The predicted octanol–water partition coefficient (Wildman–Crippen LogP) is 5.99. The van der Waals surface area contributed by atoms with Crippen LogP contribution in [0.3, 0.4) is 0 Å². The summed E-state index contributed by atoms with van der Waals surface area (Å²) in [6, 6.07) is 13.0. The Hall–Kier alpha value is -2.04. The van der Waals surface area contributed by atoms with Crippen LogP contribution in [0.1, 0.15) is 63.1 Å². The van der Waals surface area contributed by atoms with E-state index in [1.54, 1.807) is 23.1 Å². The number of nitrogens with one attached hydrogen (secondary N) is 1. The first-order valence-electron chi connectivity index (χ1n) is 10.9. The lowest BCUT2D eigenvalue weighted by Gasteiger charge is -2.31. The summed E-state index contributed by atoms with van der Waals surface area (Å²) in [4.78, 5) is 27.6. The van der Waals surface area contributed by atoms with E-state index >= 15 is 0 Å². The number of carbonyl (C=O) groups is 2. The van der Waals surface area contributed by atoms with Crippen molar-refractivity contribution in [2.45, 2.75) is 65.5 Å². The molecule has 0 aliphatic heterocycles. The third-order valence-electron chi connectivity index (χ3n) is 5.37. The molecule has 4 nitrogen and oxygen atoms in total. The number of halogens is 2. The van der Waals surface area contributed by atoms with Crippen molar-refractivity contribution in [3.05, 3.63) is 69.2 Å². The summed E-state index contributed by atoms with van der Waals surface area (Å²) in [6.07, 6.45) is 1.46. The van der Waals surface area contributed by atoms with Gasteiger partial charge in [0.1, 0.15) is 6.04 Å². The molecule has 0 spiro atoms. The molecule has 0 saturated carbocycles. The smallest absolute Gasteiger partial charge is 0.242 e.